The summed E-state index contributed by atoms with van der Waals surface area (Å²) in [7, 11) is 0. The van der Waals surface area contributed by atoms with E-state index in [1.54, 1.807) is 6.20 Å². The number of pyridine rings is 1. The minimum atomic E-state index is -0.640. The molecule has 1 aromatic heterocycles. The van der Waals surface area contributed by atoms with Crippen molar-refractivity contribution in [1.29, 1.82) is 0 Å². The highest BCUT2D eigenvalue weighted by Crippen LogP contribution is 2.46. The van der Waals surface area contributed by atoms with Crippen molar-refractivity contribution in [1.82, 2.24) is 10.3 Å². The van der Waals surface area contributed by atoms with E-state index >= 15 is 0 Å². The van der Waals surface area contributed by atoms with Crippen LogP contribution in [0.4, 0.5) is 17.2 Å². The van der Waals surface area contributed by atoms with Gasteiger partial charge in [-0.2, -0.15) is 0 Å². The number of benzene rings is 2. The third kappa shape index (κ3) is 4.33. The first-order chi connectivity index (χ1) is 18.0. The number of carbonyl (C=O) groups excluding carboxylic acids is 3. The summed E-state index contributed by atoms with van der Waals surface area (Å²) in [6.07, 6.45) is 4.39. The summed E-state index contributed by atoms with van der Waals surface area (Å²) in [6, 6.07) is 19.8. The number of para-hydroxylation sites is 1. The number of hydrogen-bond donors (Lipinski definition) is 3. The lowest BCUT2D eigenvalue weighted by Gasteiger charge is -2.33. The molecule has 3 heterocycles. The summed E-state index contributed by atoms with van der Waals surface area (Å²) >= 11 is 0. The van der Waals surface area contributed by atoms with Crippen LogP contribution < -0.4 is 20.9 Å². The third-order valence-electron chi connectivity index (χ3n) is 7.87. The third-order valence-corrected chi connectivity index (χ3v) is 7.87. The molecule has 0 radical (unpaired) electrons. The predicted molar refractivity (Wildman–Crippen MR) is 141 cm³/mol. The standard InChI is InChI=1S/C29H29N5O3/c35-25(18-31-27(36)19-10-13-34(14-11-19)23-5-2-1-3-6-23)32-22-9-8-20-16-29(17-21(20)15-22)24-7-4-12-30-26(24)33-28(29)37/h1-9,12,15,19H,10-11,13-14,16-18H2,(H,31,36)(H,32,35)(H,30,33,37). The Hall–Kier alpha value is -4.20. The zero-order valence-corrected chi connectivity index (χ0v) is 20.5. The van der Waals surface area contributed by atoms with E-state index in [1.807, 2.05) is 48.5 Å². The fraction of sp³-hybridized carbons (Fsp3) is 0.310. The van der Waals surface area contributed by atoms with E-state index in [-0.39, 0.29) is 30.2 Å². The molecule has 1 saturated heterocycles. The first kappa shape index (κ1) is 23.2. The van der Waals surface area contributed by atoms with Gasteiger partial charge in [0.2, 0.25) is 17.7 Å². The Morgan fingerprint density at radius 3 is 2.59 bits per heavy atom. The Morgan fingerprint density at radius 2 is 1.78 bits per heavy atom. The lowest BCUT2D eigenvalue weighted by molar-refractivity contribution is -0.127. The van der Waals surface area contributed by atoms with Crippen LogP contribution in [0.2, 0.25) is 0 Å². The van der Waals surface area contributed by atoms with Gasteiger partial charge in [0.15, 0.2) is 0 Å². The monoisotopic (exact) mass is 495 g/mol. The van der Waals surface area contributed by atoms with E-state index in [9.17, 15) is 14.4 Å². The molecule has 1 aliphatic carbocycles. The molecule has 37 heavy (non-hydrogen) atoms. The number of piperidine rings is 1. The fourth-order valence-corrected chi connectivity index (χ4v) is 5.90. The number of carbonyl (C=O) groups is 3. The maximum Gasteiger partial charge on any atom is 0.243 e. The van der Waals surface area contributed by atoms with Gasteiger partial charge in [-0.3, -0.25) is 14.4 Å². The molecule has 0 bridgehead atoms. The molecule has 2 aliphatic heterocycles. The van der Waals surface area contributed by atoms with Crippen molar-refractivity contribution in [2.45, 2.75) is 31.1 Å². The van der Waals surface area contributed by atoms with Crippen LogP contribution in [-0.4, -0.2) is 42.3 Å². The number of rotatable bonds is 5. The van der Waals surface area contributed by atoms with Gasteiger partial charge < -0.3 is 20.9 Å². The van der Waals surface area contributed by atoms with Gasteiger partial charge in [0.1, 0.15) is 5.82 Å². The van der Waals surface area contributed by atoms with E-state index in [2.05, 4.69) is 38.0 Å². The van der Waals surface area contributed by atoms with Crippen LogP contribution in [0.5, 0.6) is 0 Å². The van der Waals surface area contributed by atoms with Gasteiger partial charge in [-0.1, -0.05) is 30.3 Å². The smallest absolute Gasteiger partial charge is 0.243 e. The molecule has 3 N–H and O–H groups in total. The van der Waals surface area contributed by atoms with Crippen LogP contribution in [-0.2, 0) is 32.6 Å². The Kier molecular flexibility index (Phi) is 5.87. The number of nitrogens with zero attached hydrogens (tertiary/aromatic N) is 2. The minimum Gasteiger partial charge on any atom is -0.371 e. The van der Waals surface area contributed by atoms with Crippen LogP contribution in [0.15, 0.2) is 66.9 Å². The van der Waals surface area contributed by atoms with Gasteiger partial charge in [0, 0.05) is 42.1 Å². The van der Waals surface area contributed by atoms with Gasteiger partial charge in [0.05, 0.1) is 12.0 Å². The summed E-state index contributed by atoms with van der Waals surface area (Å²) in [5.41, 5.74) is 4.27. The molecular formula is C29H29N5O3. The van der Waals surface area contributed by atoms with Gasteiger partial charge in [-0.15, -0.1) is 0 Å². The zero-order chi connectivity index (χ0) is 25.4. The number of amides is 3. The highest BCUT2D eigenvalue weighted by molar-refractivity contribution is 6.06. The minimum absolute atomic E-state index is 0.0275. The van der Waals surface area contributed by atoms with E-state index in [4.69, 9.17) is 0 Å². The van der Waals surface area contributed by atoms with Crippen molar-refractivity contribution in [3.05, 3.63) is 83.6 Å². The maximum atomic E-state index is 12.9. The quantitative estimate of drug-likeness (QED) is 0.505. The molecule has 1 fully saturated rings. The van der Waals surface area contributed by atoms with Crippen molar-refractivity contribution in [2.24, 2.45) is 5.92 Å². The lowest BCUT2D eigenvalue weighted by Crippen LogP contribution is -2.42. The second-order valence-corrected chi connectivity index (χ2v) is 10.1. The average molecular weight is 496 g/mol. The molecule has 2 aromatic carbocycles. The van der Waals surface area contributed by atoms with Crippen molar-refractivity contribution in [2.75, 3.05) is 35.2 Å². The topological polar surface area (TPSA) is 103 Å². The van der Waals surface area contributed by atoms with E-state index < -0.39 is 5.41 Å². The van der Waals surface area contributed by atoms with E-state index in [0.29, 0.717) is 24.3 Å². The van der Waals surface area contributed by atoms with Gasteiger partial charge in [0.25, 0.3) is 0 Å². The second-order valence-electron chi connectivity index (χ2n) is 10.1. The molecule has 0 saturated carbocycles. The van der Waals surface area contributed by atoms with Crippen molar-refractivity contribution in [3.8, 4) is 0 Å². The van der Waals surface area contributed by atoms with E-state index in [0.717, 1.165) is 42.6 Å². The Morgan fingerprint density at radius 1 is 1.00 bits per heavy atom. The Balaban J connectivity index is 1.02. The Bertz CT molecular complexity index is 1370. The number of fused-ring (bicyclic) bond motifs is 3. The molecule has 6 rings (SSSR count). The molecule has 188 valence electrons. The average Bonchev–Trinajstić information content (AvgIpc) is 3.44. The number of nitrogens with one attached hydrogen (secondary N) is 3. The van der Waals surface area contributed by atoms with Crippen molar-refractivity contribution in [3.63, 3.8) is 0 Å². The molecular weight excluding hydrogens is 466 g/mol. The molecule has 1 spiro atoms. The van der Waals surface area contributed by atoms with Crippen LogP contribution in [0, 0.1) is 5.92 Å². The molecule has 3 amide bonds. The highest BCUT2D eigenvalue weighted by Gasteiger charge is 2.51. The lowest BCUT2D eigenvalue weighted by atomic mass is 9.79. The van der Waals surface area contributed by atoms with Crippen molar-refractivity contribution >= 4 is 34.9 Å². The fourth-order valence-electron chi connectivity index (χ4n) is 5.90. The largest absolute Gasteiger partial charge is 0.371 e. The Labute approximate surface area is 215 Å². The predicted octanol–water partition coefficient (Wildman–Crippen LogP) is 3.04. The van der Waals surface area contributed by atoms with Gasteiger partial charge >= 0.3 is 0 Å². The molecule has 1 unspecified atom stereocenters. The highest BCUT2D eigenvalue weighted by atomic mass is 16.2. The van der Waals surface area contributed by atoms with Gasteiger partial charge in [-0.05, 0) is 67.1 Å². The zero-order valence-electron chi connectivity index (χ0n) is 20.5. The van der Waals surface area contributed by atoms with Crippen LogP contribution in [0.3, 0.4) is 0 Å². The molecule has 3 aromatic rings. The molecule has 8 nitrogen and oxygen atoms in total. The SMILES string of the molecule is O=C(CNC(=O)C1CCN(c2ccccc2)CC1)Nc1ccc2c(c1)CC1(C2)C(=O)Nc2ncccc21. The molecule has 8 heteroatoms. The number of anilines is 3. The van der Waals surface area contributed by atoms with Crippen LogP contribution >= 0.6 is 0 Å². The normalized spacial score (nSPS) is 20.3. The first-order valence-corrected chi connectivity index (χ1v) is 12.8. The second kappa shape index (κ2) is 9.35. The van der Waals surface area contributed by atoms with Crippen LogP contribution in [0.1, 0.15) is 29.5 Å². The van der Waals surface area contributed by atoms with Crippen molar-refractivity contribution < 1.29 is 14.4 Å². The number of aromatic nitrogens is 1. The summed E-state index contributed by atoms with van der Waals surface area (Å²) in [6.45, 7) is 1.58. The summed E-state index contributed by atoms with van der Waals surface area (Å²) < 4.78 is 0. The summed E-state index contributed by atoms with van der Waals surface area (Å²) in [5, 5.41) is 8.61. The molecule has 3 aliphatic rings. The van der Waals surface area contributed by atoms with Crippen LogP contribution in [0.25, 0.3) is 0 Å². The summed E-state index contributed by atoms with van der Waals surface area (Å²) in [5.74, 6) is 0.184. The van der Waals surface area contributed by atoms with E-state index in [1.165, 1.54) is 5.69 Å². The molecule has 1 atom stereocenters. The summed E-state index contributed by atoms with van der Waals surface area (Å²) in [4.78, 5) is 44.8. The first-order valence-electron chi connectivity index (χ1n) is 12.8. The maximum absolute atomic E-state index is 12.9. The number of hydrogen-bond acceptors (Lipinski definition) is 5. The van der Waals surface area contributed by atoms with Gasteiger partial charge in [-0.25, -0.2) is 4.98 Å².